The zero-order valence-corrected chi connectivity index (χ0v) is 13.4. The largest absolute Gasteiger partial charge is 0.482 e. The van der Waals surface area contributed by atoms with E-state index in [4.69, 9.17) is 18.3 Å². The summed E-state index contributed by atoms with van der Waals surface area (Å²) < 4.78 is 21.4. The summed E-state index contributed by atoms with van der Waals surface area (Å²) >= 11 is 0. The van der Waals surface area contributed by atoms with Crippen LogP contribution in [-0.4, -0.2) is 22.8 Å². The lowest BCUT2D eigenvalue weighted by atomic mass is 10.1. The van der Waals surface area contributed by atoms with Crippen LogP contribution >= 0.6 is 0 Å². The first kappa shape index (κ1) is 15.2. The van der Waals surface area contributed by atoms with Crippen molar-refractivity contribution < 1.29 is 23.1 Å². The van der Waals surface area contributed by atoms with Gasteiger partial charge in [-0.2, -0.15) is 0 Å². The fourth-order valence-electron chi connectivity index (χ4n) is 2.52. The van der Waals surface area contributed by atoms with Crippen LogP contribution in [0.2, 0.25) is 0 Å². The van der Waals surface area contributed by atoms with Gasteiger partial charge in [0.15, 0.2) is 13.2 Å². The molecule has 4 aromatic rings. The molecule has 2 aromatic heterocycles. The summed E-state index contributed by atoms with van der Waals surface area (Å²) in [4.78, 5) is 11.8. The van der Waals surface area contributed by atoms with E-state index in [0.717, 1.165) is 21.9 Å². The maximum absolute atomic E-state index is 11.8. The number of aromatic nitrogens is 2. The van der Waals surface area contributed by atoms with E-state index in [1.165, 1.54) is 0 Å². The van der Waals surface area contributed by atoms with E-state index in [2.05, 4.69) is 10.2 Å². The number of carbonyl (C=O) groups excluding carboxylic acids is 1. The second-order valence-electron chi connectivity index (χ2n) is 5.42. The van der Waals surface area contributed by atoms with Crippen LogP contribution in [0.5, 0.6) is 5.75 Å². The van der Waals surface area contributed by atoms with Crippen LogP contribution in [0.25, 0.3) is 21.9 Å². The van der Waals surface area contributed by atoms with E-state index in [1.54, 1.807) is 13.0 Å². The molecule has 0 saturated carbocycles. The van der Waals surface area contributed by atoms with Gasteiger partial charge in [0.05, 0.1) is 0 Å². The highest BCUT2D eigenvalue weighted by atomic mass is 16.6. The molecule has 0 aliphatic heterocycles. The predicted octanol–water partition coefficient (Wildman–Crippen LogP) is 3.40. The Hall–Kier alpha value is -3.35. The van der Waals surface area contributed by atoms with Crippen LogP contribution in [0.3, 0.4) is 0 Å². The van der Waals surface area contributed by atoms with Gasteiger partial charge in [0.1, 0.15) is 16.9 Å². The van der Waals surface area contributed by atoms with Crippen LogP contribution in [0.1, 0.15) is 11.8 Å². The smallest absolute Gasteiger partial charge is 0.344 e. The second-order valence-corrected chi connectivity index (χ2v) is 5.42. The zero-order valence-electron chi connectivity index (χ0n) is 13.4. The van der Waals surface area contributed by atoms with Crippen molar-refractivity contribution in [1.29, 1.82) is 0 Å². The highest BCUT2D eigenvalue weighted by molar-refractivity contribution is 6.05. The molecule has 0 spiro atoms. The normalized spacial score (nSPS) is 11.1. The molecule has 0 saturated heterocycles. The monoisotopic (exact) mass is 338 g/mol. The van der Waals surface area contributed by atoms with Gasteiger partial charge in [-0.1, -0.05) is 18.2 Å². The summed E-state index contributed by atoms with van der Waals surface area (Å²) in [5.41, 5.74) is 1.58. The van der Waals surface area contributed by atoms with E-state index >= 15 is 0 Å². The van der Waals surface area contributed by atoms with Gasteiger partial charge in [0.25, 0.3) is 5.89 Å². The first-order chi connectivity index (χ1) is 12.2. The second kappa shape index (κ2) is 6.27. The zero-order chi connectivity index (χ0) is 17.2. The quantitative estimate of drug-likeness (QED) is 0.515. The molecule has 0 aliphatic carbocycles. The highest BCUT2D eigenvalue weighted by Gasteiger charge is 2.11. The molecule has 4 rings (SSSR count). The van der Waals surface area contributed by atoms with E-state index in [9.17, 15) is 4.79 Å². The Morgan fingerprint density at radius 1 is 1.04 bits per heavy atom. The number of furan rings is 1. The van der Waals surface area contributed by atoms with Crippen molar-refractivity contribution in [2.75, 3.05) is 6.61 Å². The summed E-state index contributed by atoms with van der Waals surface area (Å²) in [6, 6.07) is 13.2. The minimum absolute atomic E-state index is 0.0750. The van der Waals surface area contributed by atoms with Gasteiger partial charge in [-0.15, -0.1) is 10.2 Å². The Morgan fingerprint density at radius 2 is 1.88 bits per heavy atom. The number of hydrogen-bond acceptors (Lipinski definition) is 7. The third kappa shape index (κ3) is 3.16. The molecule has 0 fully saturated rings. The number of esters is 1. The van der Waals surface area contributed by atoms with Gasteiger partial charge >= 0.3 is 5.97 Å². The number of benzene rings is 2. The van der Waals surface area contributed by atoms with E-state index < -0.39 is 5.97 Å². The predicted molar refractivity (Wildman–Crippen MR) is 88.0 cm³/mol. The Balaban J connectivity index is 1.42. The number of carbonyl (C=O) groups is 1. The summed E-state index contributed by atoms with van der Waals surface area (Å²) in [6.07, 6.45) is 0. The van der Waals surface area contributed by atoms with Crippen LogP contribution < -0.4 is 4.74 Å². The lowest BCUT2D eigenvalue weighted by Crippen LogP contribution is -2.14. The third-order valence-corrected chi connectivity index (χ3v) is 3.63. The van der Waals surface area contributed by atoms with Crippen molar-refractivity contribution in [2.45, 2.75) is 13.5 Å². The Bertz CT molecular complexity index is 1050. The maximum Gasteiger partial charge on any atom is 0.344 e. The first-order valence-corrected chi connectivity index (χ1v) is 7.68. The molecule has 7 nitrogen and oxygen atoms in total. The van der Waals surface area contributed by atoms with Crippen LogP contribution in [-0.2, 0) is 16.1 Å². The van der Waals surface area contributed by atoms with Crippen molar-refractivity contribution in [2.24, 2.45) is 0 Å². The fourth-order valence-corrected chi connectivity index (χ4v) is 2.52. The van der Waals surface area contributed by atoms with E-state index in [0.29, 0.717) is 11.6 Å². The minimum Gasteiger partial charge on any atom is -0.482 e. The third-order valence-electron chi connectivity index (χ3n) is 3.63. The van der Waals surface area contributed by atoms with E-state index in [1.807, 2.05) is 36.4 Å². The lowest BCUT2D eigenvalue weighted by molar-refractivity contribution is -0.148. The Morgan fingerprint density at radius 3 is 2.72 bits per heavy atom. The van der Waals surface area contributed by atoms with Crippen molar-refractivity contribution in [3.63, 3.8) is 0 Å². The van der Waals surface area contributed by atoms with Gasteiger partial charge in [0, 0.05) is 17.7 Å². The molecular weight excluding hydrogens is 324 g/mol. The Labute approximate surface area is 142 Å². The van der Waals surface area contributed by atoms with Crippen LogP contribution in [0.15, 0.2) is 51.3 Å². The molecule has 0 bridgehead atoms. The number of rotatable bonds is 5. The summed E-state index contributed by atoms with van der Waals surface area (Å²) in [5, 5.41) is 9.34. The minimum atomic E-state index is -0.520. The molecule has 0 unspecified atom stereocenters. The molecule has 0 amide bonds. The van der Waals surface area contributed by atoms with Crippen molar-refractivity contribution in [3.8, 4) is 5.75 Å². The average molecular weight is 338 g/mol. The van der Waals surface area contributed by atoms with Gasteiger partial charge in [-0.3, -0.25) is 0 Å². The maximum atomic E-state index is 11.8. The van der Waals surface area contributed by atoms with Gasteiger partial charge in [0.2, 0.25) is 5.89 Å². The number of ether oxygens (including phenoxy) is 2. The topological polar surface area (TPSA) is 87.6 Å². The van der Waals surface area contributed by atoms with Crippen molar-refractivity contribution in [1.82, 2.24) is 10.2 Å². The molecule has 2 aromatic carbocycles. The van der Waals surface area contributed by atoms with Crippen molar-refractivity contribution >= 4 is 27.9 Å². The molecule has 126 valence electrons. The summed E-state index contributed by atoms with van der Waals surface area (Å²) in [6.45, 7) is 1.37. The molecule has 7 heteroatoms. The van der Waals surface area contributed by atoms with Gasteiger partial charge in [-0.05, 0) is 24.3 Å². The van der Waals surface area contributed by atoms with E-state index in [-0.39, 0.29) is 19.1 Å². The highest BCUT2D eigenvalue weighted by Crippen LogP contribution is 2.31. The number of hydrogen-bond donors (Lipinski definition) is 0. The lowest BCUT2D eigenvalue weighted by Gasteiger charge is -2.05. The van der Waals surface area contributed by atoms with Gasteiger partial charge in [-0.25, -0.2) is 4.79 Å². The molecule has 0 radical (unpaired) electrons. The molecular formula is C18H14N2O5. The van der Waals surface area contributed by atoms with Crippen molar-refractivity contribution in [3.05, 3.63) is 54.2 Å². The number of fused-ring (bicyclic) bond motifs is 3. The van der Waals surface area contributed by atoms with Crippen LogP contribution in [0.4, 0.5) is 0 Å². The SMILES string of the molecule is Cc1nnc(COC(=O)COc2ccc3oc4ccccc4c3c2)o1. The molecule has 2 heterocycles. The molecule has 0 aliphatic rings. The average Bonchev–Trinajstić information content (AvgIpc) is 3.21. The molecule has 25 heavy (non-hydrogen) atoms. The number of nitrogens with zero attached hydrogens (tertiary/aromatic N) is 2. The van der Waals surface area contributed by atoms with Gasteiger partial charge < -0.3 is 18.3 Å². The summed E-state index contributed by atoms with van der Waals surface area (Å²) in [5.74, 6) is 0.706. The summed E-state index contributed by atoms with van der Waals surface area (Å²) in [7, 11) is 0. The van der Waals surface area contributed by atoms with Crippen LogP contribution in [0, 0.1) is 6.92 Å². The Kier molecular flexibility index (Phi) is 3.81. The number of aryl methyl sites for hydroxylation is 1. The fraction of sp³-hybridized carbons (Fsp3) is 0.167. The standard InChI is InChI=1S/C18H14N2O5/c1-11-19-20-17(24-11)9-23-18(21)10-22-12-6-7-16-14(8-12)13-4-2-3-5-15(13)25-16/h2-8H,9-10H2,1H3. The molecule has 0 atom stereocenters. The first-order valence-electron chi connectivity index (χ1n) is 7.68. The number of para-hydroxylation sites is 1. The molecule has 0 N–H and O–H groups in total.